The minimum Gasteiger partial charge on any atom is -0.449 e. The molecule has 0 fully saturated rings. The van der Waals surface area contributed by atoms with Crippen molar-refractivity contribution in [1.29, 1.82) is 0 Å². The van der Waals surface area contributed by atoms with Crippen LogP contribution in [0.2, 0.25) is 5.02 Å². The summed E-state index contributed by atoms with van der Waals surface area (Å²) in [4.78, 5) is 23.8. The molecular formula is C16H13ClFNO3. The summed E-state index contributed by atoms with van der Waals surface area (Å²) in [6.45, 7) is 1.44. The second kappa shape index (κ2) is 7.04. The number of rotatable bonds is 4. The van der Waals surface area contributed by atoms with Gasteiger partial charge in [-0.05, 0) is 43.3 Å². The van der Waals surface area contributed by atoms with E-state index in [4.69, 9.17) is 16.3 Å². The van der Waals surface area contributed by atoms with E-state index in [2.05, 4.69) is 5.32 Å². The van der Waals surface area contributed by atoms with Crippen LogP contribution in [0.4, 0.5) is 10.1 Å². The molecule has 0 spiro atoms. The molecule has 0 saturated heterocycles. The Kier molecular flexibility index (Phi) is 5.12. The van der Waals surface area contributed by atoms with Crippen LogP contribution in [0.5, 0.6) is 0 Å². The molecule has 0 radical (unpaired) electrons. The van der Waals surface area contributed by atoms with Gasteiger partial charge in [0.2, 0.25) is 0 Å². The number of carbonyl (C=O) groups is 2. The van der Waals surface area contributed by atoms with Gasteiger partial charge in [-0.15, -0.1) is 0 Å². The first-order chi connectivity index (χ1) is 10.5. The number of esters is 1. The molecule has 22 heavy (non-hydrogen) atoms. The van der Waals surface area contributed by atoms with Gasteiger partial charge >= 0.3 is 5.97 Å². The summed E-state index contributed by atoms with van der Waals surface area (Å²) in [6, 6.07) is 11.6. The summed E-state index contributed by atoms with van der Waals surface area (Å²) in [5.41, 5.74) is 0.595. The van der Waals surface area contributed by atoms with Gasteiger partial charge in [-0.3, -0.25) is 4.79 Å². The van der Waals surface area contributed by atoms with Gasteiger partial charge in [0.25, 0.3) is 5.91 Å². The lowest BCUT2D eigenvalue weighted by Crippen LogP contribution is -2.30. The number of nitrogens with one attached hydrogen (secondary N) is 1. The van der Waals surface area contributed by atoms with Crippen molar-refractivity contribution in [3.63, 3.8) is 0 Å². The summed E-state index contributed by atoms with van der Waals surface area (Å²) < 4.78 is 17.8. The normalized spacial score (nSPS) is 11.6. The third kappa shape index (κ3) is 4.05. The van der Waals surface area contributed by atoms with Crippen molar-refractivity contribution in [3.05, 3.63) is 64.9 Å². The fraction of sp³-hybridized carbons (Fsp3) is 0.125. The molecule has 2 aromatic rings. The molecule has 6 heteroatoms. The highest BCUT2D eigenvalue weighted by molar-refractivity contribution is 6.33. The van der Waals surface area contributed by atoms with Gasteiger partial charge < -0.3 is 10.1 Å². The number of benzene rings is 2. The lowest BCUT2D eigenvalue weighted by molar-refractivity contribution is -0.123. The smallest absolute Gasteiger partial charge is 0.338 e. The Hall–Kier alpha value is -2.40. The molecule has 2 aromatic carbocycles. The highest BCUT2D eigenvalue weighted by atomic mass is 35.5. The van der Waals surface area contributed by atoms with E-state index in [1.807, 2.05) is 0 Å². The molecule has 0 aliphatic rings. The van der Waals surface area contributed by atoms with Crippen LogP contribution < -0.4 is 5.32 Å². The fourth-order valence-electron chi connectivity index (χ4n) is 1.67. The van der Waals surface area contributed by atoms with Crippen molar-refractivity contribution in [3.8, 4) is 0 Å². The van der Waals surface area contributed by atoms with Crippen LogP contribution in [0.15, 0.2) is 48.5 Å². The Morgan fingerprint density at radius 3 is 2.41 bits per heavy atom. The number of anilines is 1. The van der Waals surface area contributed by atoms with Crippen LogP contribution in [0.3, 0.4) is 0 Å². The summed E-state index contributed by atoms with van der Waals surface area (Å²) in [5.74, 6) is -1.67. The molecule has 2 rings (SSSR count). The summed E-state index contributed by atoms with van der Waals surface area (Å²) in [6.07, 6.45) is -1.02. The molecule has 114 valence electrons. The van der Waals surface area contributed by atoms with Crippen LogP contribution in [0.25, 0.3) is 0 Å². The summed E-state index contributed by atoms with van der Waals surface area (Å²) in [5, 5.41) is 2.95. The van der Waals surface area contributed by atoms with E-state index in [-0.39, 0.29) is 5.56 Å². The van der Waals surface area contributed by atoms with Crippen molar-refractivity contribution in [2.75, 3.05) is 5.32 Å². The highest BCUT2D eigenvalue weighted by Gasteiger charge is 2.19. The average molecular weight is 322 g/mol. The molecule has 1 amide bonds. The summed E-state index contributed by atoms with van der Waals surface area (Å²) >= 11 is 5.93. The van der Waals surface area contributed by atoms with Gasteiger partial charge in [-0.1, -0.05) is 23.7 Å². The molecular weight excluding hydrogens is 309 g/mol. The van der Waals surface area contributed by atoms with Crippen LogP contribution >= 0.6 is 11.6 Å². The average Bonchev–Trinajstić information content (AvgIpc) is 2.50. The van der Waals surface area contributed by atoms with Gasteiger partial charge in [0.15, 0.2) is 6.10 Å². The first kappa shape index (κ1) is 16.0. The van der Waals surface area contributed by atoms with E-state index in [0.29, 0.717) is 10.7 Å². The Bertz CT molecular complexity index is 688. The van der Waals surface area contributed by atoms with Crippen LogP contribution in [-0.4, -0.2) is 18.0 Å². The first-order valence-electron chi connectivity index (χ1n) is 6.49. The van der Waals surface area contributed by atoms with Gasteiger partial charge in [-0.25, -0.2) is 9.18 Å². The number of para-hydroxylation sites is 1. The molecule has 0 aromatic heterocycles. The minimum absolute atomic E-state index is 0.166. The summed E-state index contributed by atoms with van der Waals surface area (Å²) in [7, 11) is 0. The zero-order valence-corrected chi connectivity index (χ0v) is 12.4. The van der Waals surface area contributed by atoms with E-state index in [9.17, 15) is 14.0 Å². The SMILES string of the molecule is CC(OC(=O)c1ccc(F)cc1)C(=O)Nc1ccccc1Cl. The lowest BCUT2D eigenvalue weighted by atomic mass is 10.2. The van der Waals surface area contributed by atoms with Gasteiger partial charge in [0.05, 0.1) is 16.3 Å². The van der Waals surface area contributed by atoms with Crippen molar-refractivity contribution >= 4 is 29.2 Å². The predicted molar refractivity (Wildman–Crippen MR) is 81.4 cm³/mol. The second-order valence-electron chi connectivity index (χ2n) is 4.52. The monoisotopic (exact) mass is 321 g/mol. The quantitative estimate of drug-likeness (QED) is 0.874. The lowest BCUT2D eigenvalue weighted by Gasteiger charge is -2.14. The maximum absolute atomic E-state index is 12.8. The van der Waals surface area contributed by atoms with E-state index in [1.54, 1.807) is 24.3 Å². The van der Waals surface area contributed by atoms with Crippen molar-refractivity contribution in [1.82, 2.24) is 0 Å². The van der Waals surface area contributed by atoms with Crippen molar-refractivity contribution in [2.24, 2.45) is 0 Å². The molecule has 4 nitrogen and oxygen atoms in total. The number of hydrogen-bond acceptors (Lipinski definition) is 3. The Balaban J connectivity index is 1.98. The number of amides is 1. The fourth-order valence-corrected chi connectivity index (χ4v) is 1.85. The molecule has 0 saturated carbocycles. The third-order valence-corrected chi connectivity index (χ3v) is 3.19. The zero-order valence-electron chi connectivity index (χ0n) is 11.7. The Labute approximate surface area is 131 Å². The number of hydrogen-bond donors (Lipinski definition) is 1. The van der Waals surface area contributed by atoms with Crippen molar-refractivity contribution in [2.45, 2.75) is 13.0 Å². The Morgan fingerprint density at radius 2 is 1.77 bits per heavy atom. The first-order valence-corrected chi connectivity index (χ1v) is 6.87. The highest BCUT2D eigenvalue weighted by Crippen LogP contribution is 2.20. The molecule has 0 aliphatic heterocycles. The van der Waals surface area contributed by atoms with Gasteiger partial charge in [-0.2, -0.15) is 0 Å². The predicted octanol–water partition coefficient (Wildman–Crippen LogP) is 3.66. The van der Waals surface area contributed by atoms with Crippen LogP contribution in [-0.2, 0) is 9.53 Å². The Morgan fingerprint density at radius 1 is 1.14 bits per heavy atom. The molecule has 0 heterocycles. The topological polar surface area (TPSA) is 55.4 Å². The van der Waals surface area contributed by atoms with Crippen LogP contribution in [0.1, 0.15) is 17.3 Å². The number of ether oxygens (including phenoxy) is 1. The van der Waals surface area contributed by atoms with E-state index < -0.39 is 23.8 Å². The van der Waals surface area contributed by atoms with E-state index >= 15 is 0 Å². The molecule has 1 atom stereocenters. The third-order valence-electron chi connectivity index (χ3n) is 2.86. The van der Waals surface area contributed by atoms with E-state index in [1.165, 1.54) is 19.1 Å². The van der Waals surface area contributed by atoms with Crippen molar-refractivity contribution < 1.29 is 18.7 Å². The van der Waals surface area contributed by atoms with Gasteiger partial charge in [0, 0.05) is 0 Å². The number of carbonyl (C=O) groups excluding carboxylic acids is 2. The maximum Gasteiger partial charge on any atom is 0.338 e. The van der Waals surface area contributed by atoms with E-state index in [0.717, 1.165) is 12.1 Å². The minimum atomic E-state index is -1.02. The van der Waals surface area contributed by atoms with Crippen LogP contribution in [0, 0.1) is 5.82 Å². The van der Waals surface area contributed by atoms with Gasteiger partial charge in [0.1, 0.15) is 5.82 Å². The zero-order chi connectivity index (χ0) is 16.1. The molecule has 0 aliphatic carbocycles. The molecule has 0 bridgehead atoms. The standard InChI is InChI=1S/C16H13ClFNO3/c1-10(15(20)19-14-5-3-2-4-13(14)17)22-16(21)11-6-8-12(18)9-7-11/h2-10H,1H3,(H,19,20). The molecule has 1 unspecified atom stereocenters. The maximum atomic E-state index is 12.8. The second-order valence-corrected chi connectivity index (χ2v) is 4.93. The largest absolute Gasteiger partial charge is 0.449 e. The number of halogens is 2. The molecule has 1 N–H and O–H groups in total.